The highest BCUT2D eigenvalue weighted by atomic mass is 16.4. The molecule has 5 N–H and O–H groups in total. The molecule has 1 heterocycles. The van der Waals surface area contributed by atoms with Crippen LogP contribution < -0.4 is 11.1 Å². The molecule has 0 saturated heterocycles. The van der Waals surface area contributed by atoms with E-state index in [1.54, 1.807) is 24.3 Å². The van der Waals surface area contributed by atoms with Gasteiger partial charge in [0.15, 0.2) is 6.04 Å². The van der Waals surface area contributed by atoms with Crippen LogP contribution in [0.1, 0.15) is 32.6 Å². The van der Waals surface area contributed by atoms with Crippen molar-refractivity contribution in [3.05, 3.63) is 29.2 Å². The molecule has 1 aliphatic heterocycles. The van der Waals surface area contributed by atoms with E-state index in [1.807, 2.05) is 6.92 Å². The summed E-state index contributed by atoms with van der Waals surface area (Å²) in [5.74, 6) is -0.961. The third-order valence-corrected chi connectivity index (χ3v) is 4.78. The first-order valence-electron chi connectivity index (χ1n) is 8.60. The summed E-state index contributed by atoms with van der Waals surface area (Å²) < 4.78 is 0. The van der Waals surface area contributed by atoms with Crippen molar-refractivity contribution in [3.63, 3.8) is 0 Å². The number of aliphatic hydroxyl groups is 1. The lowest BCUT2D eigenvalue weighted by Crippen LogP contribution is -2.68. The monoisotopic (exact) mass is 350 g/mol. The smallest absolute Gasteiger partial charge is 0.332 e. The van der Waals surface area contributed by atoms with Crippen LogP contribution in [-0.4, -0.2) is 52.3 Å². The molecule has 1 unspecified atom stereocenters. The predicted molar refractivity (Wildman–Crippen MR) is 95.3 cm³/mol. The van der Waals surface area contributed by atoms with E-state index < -0.39 is 23.2 Å². The number of amidine groups is 1. The number of aliphatic imine (C=N–C) groups is 1. The van der Waals surface area contributed by atoms with Crippen molar-refractivity contribution in [3.8, 4) is 0 Å². The average molecular weight is 350 g/mol. The minimum Gasteiger partial charge on any atom is -0.480 e. The van der Waals surface area contributed by atoms with Crippen molar-refractivity contribution in [2.45, 2.75) is 49.8 Å². The Kier molecular flexibility index (Phi) is 6.07. The topological polar surface area (TPSA) is 137 Å². The number of nitrogens with zero attached hydrogens (tertiary/aromatic N) is 2. The van der Waals surface area contributed by atoms with E-state index in [1.165, 1.54) is 0 Å². The van der Waals surface area contributed by atoms with E-state index in [2.05, 4.69) is 15.5 Å². The van der Waals surface area contributed by atoms with Crippen LogP contribution in [0.4, 0.5) is 0 Å². The van der Waals surface area contributed by atoms with Gasteiger partial charge in [0.2, 0.25) is 0 Å². The fourth-order valence-electron chi connectivity index (χ4n) is 3.30. The van der Waals surface area contributed by atoms with Crippen LogP contribution in [0.15, 0.2) is 34.5 Å². The second kappa shape index (κ2) is 7.88. The third-order valence-electron chi connectivity index (χ3n) is 4.78. The van der Waals surface area contributed by atoms with E-state index in [9.17, 15) is 14.8 Å². The van der Waals surface area contributed by atoms with Crippen LogP contribution in [0.25, 0.3) is 0 Å². The molecule has 0 radical (unpaired) electrons. The number of allylic oxidation sites excluding steroid dienone is 2. The first-order valence-corrected chi connectivity index (χ1v) is 8.60. The number of hydrogen-bond donors (Lipinski definition) is 4. The Labute approximate surface area is 146 Å². The number of aliphatic carboxylic acids is 1. The molecule has 0 fully saturated rings. The summed E-state index contributed by atoms with van der Waals surface area (Å²) in [5, 5.41) is 25.9. The largest absolute Gasteiger partial charge is 0.480 e. The van der Waals surface area contributed by atoms with Gasteiger partial charge in [-0.05, 0) is 25.2 Å². The average Bonchev–Trinajstić information content (AvgIpc) is 2.61. The van der Waals surface area contributed by atoms with Gasteiger partial charge in [-0.15, -0.1) is 4.91 Å². The Balaban J connectivity index is 2.21. The van der Waals surface area contributed by atoms with E-state index >= 15 is 0 Å². The minimum absolute atomic E-state index is 0.0481. The number of hydrogen-bond acceptors (Lipinski definition) is 7. The third kappa shape index (κ3) is 3.96. The van der Waals surface area contributed by atoms with Crippen molar-refractivity contribution in [2.24, 2.45) is 21.8 Å². The fourth-order valence-corrected chi connectivity index (χ4v) is 3.30. The summed E-state index contributed by atoms with van der Waals surface area (Å²) >= 11 is 0. The molecule has 0 bridgehead atoms. The van der Waals surface area contributed by atoms with Gasteiger partial charge in [-0.3, -0.25) is 4.99 Å². The molecule has 0 amide bonds. The Morgan fingerprint density at radius 2 is 2.24 bits per heavy atom. The summed E-state index contributed by atoms with van der Waals surface area (Å²) in [4.78, 5) is 26.0. The summed E-state index contributed by atoms with van der Waals surface area (Å²) in [7, 11) is 0. The van der Waals surface area contributed by atoms with Gasteiger partial charge in [-0.1, -0.05) is 42.8 Å². The molecule has 2 rings (SSSR count). The highest BCUT2D eigenvalue weighted by Crippen LogP contribution is 2.34. The number of nitrogens with one attached hydrogen (secondary N) is 1. The summed E-state index contributed by atoms with van der Waals surface area (Å²) in [6, 6.07) is -1.31. The van der Waals surface area contributed by atoms with Crippen LogP contribution in [0, 0.1) is 10.8 Å². The molecule has 8 nitrogen and oxygen atoms in total. The van der Waals surface area contributed by atoms with Crippen LogP contribution in [0.5, 0.6) is 0 Å². The highest BCUT2D eigenvalue weighted by Gasteiger charge is 2.49. The number of rotatable bonds is 8. The fraction of sp³-hybridized carbons (Fsp3) is 0.647. The van der Waals surface area contributed by atoms with Crippen molar-refractivity contribution in [1.82, 2.24) is 5.32 Å². The molecule has 138 valence electrons. The Morgan fingerprint density at radius 1 is 1.56 bits per heavy atom. The SMILES string of the molecule is CCCC(N)(C1=NCCCN1)C1(O)C=CC(C[C@H](N=O)C(=O)O)C=C1. The van der Waals surface area contributed by atoms with Crippen molar-refractivity contribution in [2.75, 3.05) is 13.1 Å². The standard InChI is InChI=1S/C17H26N4O4/c1-2-6-17(18,15-19-9-3-10-20-15)16(24)7-4-12(5-8-16)11-13(21-25)14(22)23/h4-5,7-8,12-13,24H,2-3,6,9-11,18H2,1H3,(H,19,20)(H,22,23)/t12?,13-,16?,17?/m0/s1. The minimum atomic E-state index is -1.43. The maximum atomic E-state index is 11.2. The van der Waals surface area contributed by atoms with E-state index in [0.29, 0.717) is 18.8 Å². The van der Waals surface area contributed by atoms with Crippen LogP contribution >= 0.6 is 0 Å². The summed E-state index contributed by atoms with van der Waals surface area (Å²) in [6.45, 7) is 3.42. The first kappa shape index (κ1) is 19.3. The van der Waals surface area contributed by atoms with Crippen molar-refractivity contribution >= 4 is 11.8 Å². The zero-order valence-corrected chi connectivity index (χ0v) is 14.4. The maximum Gasteiger partial charge on any atom is 0.332 e. The van der Waals surface area contributed by atoms with Gasteiger partial charge in [-0.2, -0.15) is 0 Å². The molecule has 0 spiro atoms. The molecule has 2 aliphatic rings. The number of carbonyl (C=O) groups is 1. The van der Waals surface area contributed by atoms with Gasteiger partial charge in [0, 0.05) is 13.1 Å². The Morgan fingerprint density at radius 3 is 2.72 bits per heavy atom. The van der Waals surface area contributed by atoms with Gasteiger partial charge < -0.3 is 21.3 Å². The zero-order chi connectivity index (χ0) is 18.5. The van der Waals surface area contributed by atoms with E-state index in [0.717, 1.165) is 19.4 Å². The van der Waals surface area contributed by atoms with Crippen LogP contribution in [0.2, 0.25) is 0 Å². The second-order valence-electron chi connectivity index (χ2n) is 6.63. The number of carboxylic acid groups (broad SMARTS) is 1. The maximum absolute atomic E-state index is 11.2. The number of nitroso groups, excluding NO2 is 1. The highest BCUT2D eigenvalue weighted by molar-refractivity contribution is 5.94. The molecule has 0 saturated carbocycles. The molecule has 2 atom stereocenters. The molecular weight excluding hydrogens is 324 g/mol. The quantitative estimate of drug-likeness (QED) is 0.380. The van der Waals surface area contributed by atoms with Gasteiger partial charge >= 0.3 is 5.97 Å². The Hall–Kier alpha value is -2.06. The van der Waals surface area contributed by atoms with Gasteiger partial charge in [-0.25, -0.2) is 4.79 Å². The van der Waals surface area contributed by atoms with Gasteiger partial charge in [0.05, 0.1) is 0 Å². The molecule has 0 aromatic rings. The van der Waals surface area contributed by atoms with E-state index in [-0.39, 0.29) is 12.3 Å². The van der Waals surface area contributed by atoms with Crippen molar-refractivity contribution in [1.29, 1.82) is 0 Å². The van der Waals surface area contributed by atoms with Crippen LogP contribution in [0.3, 0.4) is 0 Å². The predicted octanol–water partition coefficient (Wildman–Crippen LogP) is 0.959. The van der Waals surface area contributed by atoms with Crippen LogP contribution in [-0.2, 0) is 4.79 Å². The number of nitrogens with two attached hydrogens (primary N) is 1. The van der Waals surface area contributed by atoms with E-state index in [4.69, 9.17) is 10.8 Å². The molecule has 1 aliphatic carbocycles. The molecular formula is C17H26N4O4. The lowest BCUT2D eigenvalue weighted by atomic mass is 9.72. The normalized spacial score (nSPS) is 29.2. The first-order chi connectivity index (χ1) is 11.9. The summed E-state index contributed by atoms with van der Waals surface area (Å²) in [5.41, 5.74) is 4.08. The van der Waals surface area contributed by atoms with Gasteiger partial charge in [0.25, 0.3) is 0 Å². The molecule has 0 aromatic heterocycles. The van der Waals surface area contributed by atoms with Gasteiger partial charge in [0.1, 0.15) is 17.0 Å². The lowest BCUT2D eigenvalue weighted by Gasteiger charge is -2.44. The summed E-state index contributed by atoms with van der Waals surface area (Å²) in [6.07, 6.45) is 8.79. The lowest BCUT2D eigenvalue weighted by molar-refractivity contribution is -0.138. The molecule has 0 aromatic carbocycles. The number of carboxylic acids is 1. The second-order valence-corrected chi connectivity index (χ2v) is 6.63. The Bertz CT molecular complexity index is 587. The van der Waals surface area contributed by atoms with Crippen molar-refractivity contribution < 1.29 is 15.0 Å². The molecule has 8 heteroatoms. The zero-order valence-electron chi connectivity index (χ0n) is 14.4. The molecule has 25 heavy (non-hydrogen) atoms.